The summed E-state index contributed by atoms with van der Waals surface area (Å²) in [5, 5.41) is 22.7. The summed E-state index contributed by atoms with van der Waals surface area (Å²) >= 11 is 12.3. The number of rotatable bonds is 4. The van der Waals surface area contributed by atoms with Gasteiger partial charge in [-0.05, 0) is 48.7 Å². The first kappa shape index (κ1) is 20.6. The predicted octanol–water partition coefficient (Wildman–Crippen LogP) is 4.04. The van der Waals surface area contributed by atoms with Crippen LogP contribution in [-0.2, 0) is 0 Å². The lowest BCUT2D eigenvalue weighted by atomic mass is 10.0. The number of aryl methyl sites for hydroxylation is 1. The van der Waals surface area contributed by atoms with Gasteiger partial charge < -0.3 is 20.4 Å². The Balaban J connectivity index is 1.66. The Kier molecular flexibility index (Phi) is 6.57. The number of pyridine rings is 1. The molecule has 3 N–H and O–H groups in total. The van der Waals surface area contributed by atoms with E-state index in [4.69, 9.17) is 28.3 Å². The average molecular weight is 422 g/mol. The van der Waals surface area contributed by atoms with Crippen LogP contribution >= 0.6 is 23.2 Å². The molecule has 0 spiro atoms. The van der Waals surface area contributed by atoms with E-state index in [1.54, 1.807) is 23.1 Å². The third-order valence-corrected chi connectivity index (χ3v) is 5.34. The molecule has 0 saturated carbocycles. The molecule has 2 aromatic rings. The summed E-state index contributed by atoms with van der Waals surface area (Å²) in [6, 6.07) is 6.78. The van der Waals surface area contributed by atoms with Crippen LogP contribution in [0.4, 0.5) is 10.5 Å². The Bertz CT molecular complexity index is 918. The number of anilines is 1. The summed E-state index contributed by atoms with van der Waals surface area (Å²) in [6.07, 6.45) is 3.04. The number of carbonyl (C=O) groups is 1. The Labute approximate surface area is 173 Å². The molecule has 6 nitrogen and oxygen atoms in total. The molecule has 1 atom stereocenters. The van der Waals surface area contributed by atoms with Gasteiger partial charge in [0, 0.05) is 35.6 Å². The number of nitrogens with zero attached hydrogens (tertiary/aromatic N) is 2. The molecule has 0 aliphatic carbocycles. The number of hydrogen-bond donors (Lipinski definition) is 3. The van der Waals surface area contributed by atoms with Gasteiger partial charge in [0.15, 0.2) is 0 Å². The van der Waals surface area contributed by atoms with Crippen molar-refractivity contribution in [1.29, 1.82) is 0 Å². The molecule has 0 unspecified atom stereocenters. The highest BCUT2D eigenvalue weighted by molar-refractivity contribution is 6.32. The Morgan fingerprint density at radius 2 is 2.11 bits per heavy atom. The van der Waals surface area contributed by atoms with E-state index in [-0.39, 0.29) is 6.03 Å². The molecule has 148 valence electrons. The maximum atomic E-state index is 12.5. The second kappa shape index (κ2) is 8.92. The van der Waals surface area contributed by atoms with E-state index < -0.39 is 12.7 Å². The molecule has 2 heterocycles. The van der Waals surface area contributed by atoms with Crippen LogP contribution < -0.4 is 5.32 Å². The lowest BCUT2D eigenvalue weighted by Crippen LogP contribution is -2.38. The largest absolute Gasteiger partial charge is 0.393 e. The van der Waals surface area contributed by atoms with Crippen molar-refractivity contribution in [2.24, 2.45) is 0 Å². The Morgan fingerprint density at radius 1 is 1.32 bits per heavy atom. The first-order valence-corrected chi connectivity index (χ1v) is 9.60. The SMILES string of the molecule is Cc1cc(NC(=O)N2CC=C(c3ncc([C@H](O)CO)cc3Cl)CC2)ccc1Cl. The van der Waals surface area contributed by atoms with Crippen molar-refractivity contribution in [3.63, 3.8) is 0 Å². The monoisotopic (exact) mass is 421 g/mol. The molecule has 1 aromatic heterocycles. The second-order valence-corrected chi connectivity index (χ2v) is 7.43. The van der Waals surface area contributed by atoms with Crippen LogP contribution in [0.25, 0.3) is 5.57 Å². The number of aromatic nitrogens is 1. The minimum Gasteiger partial charge on any atom is -0.393 e. The third kappa shape index (κ3) is 4.64. The van der Waals surface area contributed by atoms with Crippen molar-refractivity contribution < 1.29 is 15.0 Å². The first-order valence-electron chi connectivity index (χ1n) is 8.85. The van der Waals surface area contributed by atoms with Gasteiger partial charge in [-0.2, -0.15) is 0 Å². The lowest BCUT2D eigenvalue weighted by molar-refractivity contribution is 0.0953. The smallest absolute Gasteiger partial charge is 0.322 e. The molecule has 1 aliphatic rings. The summed E-state index contributed by atoms with van der Waals surface area (Å²) in [5.41, 5.74) is 3.64. The van der Waals surface area contributed by atoms with Gasteiger partial charge in [0.1, 0.15) is 6.10 Å². The van der Waals surface area contributed by atoms with Gasteiger partial charge in [0.25, 0.3) is 0 Å². The fourth-order valence-corrected chi connectivity index (χ4v) is 3.38. The molecule has 8 heteroatoms. The molecular weight excluding hydrogens is 401 g/mol. The van der Waals surface area contributed by atoms with E-state index in [0.29, 0.717) is 46.5 Å². The Morgan fingerprint density at radius 3 is 2.71 bits per heavy atom. The van der Waals surface area contributed by atoms with Crippen molar-refractivity contribution in [1.82, 2.24) is 9.88 Å². The van der Waals surface area contributed by atoms with Crippen molar-refractivity contribution in [2.45, 2.75) is 19.4 Å². The zero-order chi connectivity index (χ0) is 20.3. The second-order valence-electron chi connectivity index (χ2n) is 6.62. The standard InChI is InChI=1S/C20H21Cl2N3O3/c1-12-8-15(2-3-16(12)21)24-20(28)25-6-4-13(5-7-25)19-17(22)9-14(10-23-19)18(27)11-26/h2-4,8-10,18,26-27H,5-7,11H2,1H3,(H,24,28)/t18-/m1/s1. The zero-order valence-corrected chi connectivity index (χ0v) is 16.8. The number of amides is 2. The molecular formula is C20H21Cl2N3O3. The van der Waals surface area contributed by atoms with Gasteiger partial charge in [0.05, 0.1) is 17.3 Å². The van der Waals surface area contributed by atoms with E-state index in [0.717, 1.165) is 11.1 Å². The zero-order valence-electron chi connectivity index (χ0n) is 15.3. The van der Waals surface area contributed by atoms with Gasteiger partial charge in [-0.1, -0.05) is 29.3 Å². The van der Waals surface area contributed by atoms with E-state index in [1.807, 2.05) is 19.1 Å². The van der Waals surface area contributed by atoms with Crippen molar-refractivity contribution >= 4 is 40.5 Å². The number of hydrogen-bond acceptors (Lipinski definition) is 4. The maximum absolute atomic E-state index is 12.5. The first-order chi connectivity index (χ1) is 13.4. The van der Waals surface area contributed by atoms with Gasteiger partial charge >= 0.3 is 6.03 Å². The average Bonchev–Trinajstić information content (AvgIpc) is 2.70. The topological polar surface area (TPSA) is 85.7 Å². The van der Waals surface area contributed by atoms with Crippen LogP contribution in [0.2, 0.25) is 10.0 Å². The molecule has 0 bridgehead atoms. The van der Waals surface area contributed by atoms with Crippen LogP contribution in [0.1, 0.15) is 29.3 Å². The third-order valence-electron chi connectivity index (χ3n) is 4.63. The van der Waals surface area contributed by atoms with E-state index in [2.05, 4.69) is 10.3 Å². The van der Waals surface area contributed by atoms with E-state index >= 15 is 0 Å². The minimum absolute atomic E-state index is 0.183. The maximum Gasteiger partial charge on any atom is 0.322 e. The van der Waals surface area contributed by atoms with Gasteiger partial charge in [-0.15, -0.1) is 0 Å². The fraction of sp³-hybridized carbons (Fsp3) is 0.300. The van der Waals surface area contributed by atoms with Crippen LogP contribution in [0, 0.1) is 6.92 Å². The molecule has 0 fully saturated rings. The van der Waals surface area contributed by atoms with Crippen LogP contribution in [-0.4, -0.2) is 45.8 Å². The molecule has 0 radical (unpaired) electrons. The van der Waals surface area contributed by atoms with Crippen molar-refractivity contribution in [2.75, 3.05) is 25.0 Å². The van der Waals surface area contributed by atoms with Gasteiger partial charge in [-0.3, -0.25) is 4.98 Å². The molecule has 1 aliphatic heterocycles. The summed E-state index contributed by atoms with van der Waals surface area (Å²) in [6.45, 7) is 2.46. The summed E-state index contributed by atoms with van der Waals surface area (Å²) in [5.74, 6) is 0. The highest BCUT2D eigenvalue weighted by atomic mass is 35.5. The highest BCUT2D eigenvalue weighted by Crippen LogP contribution is 2.29. The quantitative estimate of drug-likeness (QED) is 0.694. The summed E-state index contributed by atoms with van der Waals surface area (Å²) in [7, 11) is 0. The number of aliphatic hydroxyl groups is 2. The molecule has 1 aromatic carbocycles. The number of halogens is 2. The minimum atomic E-state index is -1.00. The number of benzene rings is 1. The van der Waals surface area contributed by atoms with Crippen molar-refractivity contribution in [3.8, 4) is 0 Å². The number of carbonyl (C=O) groups excluding carboxylic acids is 1. The van der Waals surface area contributed by atoms with Crippen molar-refractivity contribution in [3.05, 3.63) is 63.4 Å². The van der Waals surface area contributed by atoms with Gasteiger partial charge in [-0.25, -0.2) is 4.79 Å². The molecule has 28 heavy (non-hydrogen) atoms. The molecule has 2 amide bonds. The number of nitrogens with one attached hydrogen (secondary N) is 1. The van der Waals surface area contributed by atoms with Crippen LogP contribution in [0.15, 0.2) is 36.5 Å². The molecule has 0 saturated heterocycles. The van der Waals surface area contributed by atoms with E-state index in [9.17, 15) is 9.90 Å². The number of aliphatic hydroxyl groups excluding tert-OH is 2. The lowest BCUT2D eigenvalue weighted by Gasteiger charge is -2.27. The van der Waals surface area contributed by atoms with Crippen LogP contribution in [0.3, 0.4) is 0 Å². The Hall–Kier alpha value is -2.12. The number of urea groups is 1. The summed E-state index contributed by atoms with van der Waals surface area (Å²) < 4.78 is 0. The van der Waals surface area contributed by atoms with E-state index in [1.165, 1.54) is 6.20 Å². The molecule has 3 rings (SSSR count). The predicted molar refractivity (Wildman–Crippen MR) is 111 cm³/mol. The highest BCUT2D eigenvalue weighted by Gasteiger charge is 2.20. The fourth-order valence-electron chi connectivity index (χ4n) is 2.97. The normalized spacial score (nSPS) is 15.2. The summed E-state index contributed by atoms with van der Waals surface area (Å²) in [4.78, 5) is 18.5. The van der Waals surface area contributed by atoms with Crippen LogP contribution in [0.5, 0.6) is 0 Å². The van der Waals surface area contributed by atoms with Gasteiger partial charge in [0.2, 0.25) is 0 Å².